The second-order valence-electron chi connectivity index (χ2n) is 5.51. The number of hydrogen-bond donors (Lipinski definition) is 1. The summed E-state index contributed by atoms with van der Waals surface area (Å²) in [6.07, 6.45) is -3.26. The molecule has 144 valence electrons. The molecule has 2 aromatic carbocycles. The van der Waals surface area contributed by atoms with Crippen LogP contribution in [-0.4, -0.2) is 25.8 Å². The Morgan fingerprint density at radius 2 is 1.96 bits per heavy atom. The zero-order valence-electron chi connectivity index (χ0n) is 14.8. The van der Waals surface area contributed by atoms with E-state index < -0.39 is 17.6 Å². The van der Waals surface area contributed by atoms with E-state index in [1.807, 2.05) is 6.92 Å². The fourth-order valence-corrected chi connectivity index (χ4v) is 2.30. The second-order valence-corrected chi connectivity index (χ2v) is 5.51. The topological polar surface area (TPSA) is 59.9 Å². The molecule has 0 saturated heterocycles. The Morgan fingerprint density at radius 3 is 2.63 bits per heavy atom. The standard InChI is InChI=1S/C19H19F3N2O3/c1-3-27-16-8-7-14(10-17(16)26-2)12-23-24-18(25)11-13-5-4-6-15(9-13)19(20,21)22/h4-10,12H,3,11H2,1-2H3,(H,24,25)/b23-12-. The van der Waals surface area contributed by atoms with Crippen LogP contribution in [0.2, 0.25) is 0 Å². The lowest BCUT2D eigenvalue weighted by molar-refractivity contribution is -0.137. The minimum absolute atomic E-state index is 0.214. The fraction of sp³-hybridized carbons (Fsp3) is 0.263. The minimum Gasteiger partial charge on any atom is -0.493 e. The number of ether oxygens (including phenoxy) is 2. The van der Waals surface area contributed by atoms with Crippen molar-refractivity contribution in [1.82, 2.24) is 5.43 Å². The Kier molecular flexibility index (Phi) is 6.81. The van der Waals surface area contributed by atoms with E-state index in [9.17, 15) is 18.0 Å². The van der Waals surface area contributed by atoms with Gasteiger partial charge in [0.15, 0.2) is 11.5 Å². The van der Waals surface area contributed by atoms with Crippen molar-refractivity contribution < 1.29 is 27.4 Å². The molecule has 0 aliphatic carbocycles. The van der Waals surface area contributed by atoms with Gasteiger partial charge in [-0.2, -0.15) is 18.3 Å². The van der Waals surface area contributed by atoms with Gasteiger partial charge in [-0.3, -0.25) is 4.79 Å². The average molecular weight is 380 g/mol. The lowest BCUT2D eigenvalue weighted by atomic mass is 10.1. The van der Waals surface area contributed by atoms with Crippen molar-refractivity contribution in [2.24, 2.45) is 5.10 Å². The third-order valence-electron chi connectivity index (χ3n) is 3.51. The number of carbonyl (C=O) groups is 1. The first-order valence-electron chi connectivity index (χ1n) is 8.12. The average Bonchev–Trinajstić information content (AvgIpc) is 2.62. The fourth-order valence-electron chi connectivity index (χ4n) is 2.30. The molecule has 0 fully saturated rings. The van der Waals surface area contributed by atoms with Gasteiger partial charge in [0.25, 0.3) is 0 Å². The molecule has 0 atom stereocenters. The third kappa shape index (κ3) is 6.02. The summed E-state index contributed by atoms with van der Waals surface area (Å²) in [5.41, 5.74) is 2.41. The summed E-state index contributed by atoms with van der Waals surface area (Å²) in [6.45, 7) is 2.35. The summed E-state index contributed by atoms with van der Waals surface area (Å²) in [5.74, 6) is 0.588. The highest BCUT2D eigenvalue weighted by Gasteiger charge is 2.30. The molecule has 5 nitrogen and oxygen atoms in total. The van der Waals surface area contributed by atoms with E-state index in [4.69, 9.17) is 9.47 Å². The molecule has 0 unspecified atom stereocenters. The molecule has 0 bridgehead atoms. The molecule has 8 heteroatoms. The molecule has 2 aromatic rings. The van der Waals surface area contributed by atoms with E-state index in [1.54, 1.807) is 18.2 Å². The first-order valence-corrected chi connectivity index (χ1v) is 8.12. The van der Waals surface area contributed by atoms with Crippen molar-refractivity contribution in [2.45, 2.75) is 19.5 Å². The molecule has 0 aromatic heterocycles. The van der Waals surface area contributed by atoms with Crippen LogP contribution in [-0.2, 0) is 17.4 Å². The first kappa shape index (κ1) is 20.3. The van der Waals surface area contributed by atoms with E-state index in [1.165, 1.54) is 25.5 Å². The number of methoxy groups -OCH3 is 1. The maximum atomic E-state index is 12.7. The number of halogens is 3. The summed E-state index contributed by atoms with van der Waals surface area (Å²) in [6, 6.07) is 9.76. The van der Waals surface area contributed by atoms with Crippen LogP contribution in [0.1, 0.15) is 23.6 Å². The molecular weight excluding hydrogens is 361 g/mol. The van der Waals surface area contributed by atoms with Gasteiger partial charge in [-0.1, -0.05) is 18.2 Å². The van der Waals surface area contributed by atoms with Gasteiger partial charge in [-0.05, 0) is 42.3 Å². The van der Waals surface area contributed by atoms with Crippen molar-refractivity contribution in [3.63, 3.8) is 0 Å². The van der Waals surface area contributed by atoms with Crippen LogP contribution >= 0.6 is 0 Å². The predicted molar refractivity (Wildman–Crippen MR) is 95.0 cm³/mol. The predicted octanol–water partition coefficient (Wildman–Crippen LogP) is 3.81. The molecule has 0 spiro atoms. The number of hydrogen-bond acceptors (Lipinski definition) is 4. The van der Waals surface area contributed by atoms with E-state index in [0.717, 1.165) is 12.1 Å². The normalized spacial score (nSPS) is 11.4. The zero-order chi connectivity index (χ0) is 19.9. The Bertz CT molecular complexity index is 820. The van der Waals surface area contributed by atoms with Crippen molar-refractivity contribution >= 4 is 12.1 Å². The molecule has 0 saturated carbocycles. The Morgan fingerprint density at radius 1 is 1.19 bits per heavy atom. The van der Waals surface area contributed by atoms with Crippen LogP contribution in [0.25, 0.3) is 0 Å². The van der Waals surface area contributed by atoms with E-state index >= 15 is 0 Å². The second kappa shape index (κ2) is 9.07. The first-order chi connectivity index (χ1) is 12.8. The lowest BCUT2D eigenvalue weighted by Crippen LogP contribution is -2.20. The largest absolute Gasteiger partial charge is 0.493 e. The number of carbonyl (C=O) groups excluding carboxylic acids is 1. The number of alkyl halides is 3. The zero-order valence-corrected chi connectivity index (χ0v) is 14.8. The number of rotatable bonds is 7. The molecule has 0 aliphatic rings. The van der Waals surface area contributed by atoms with Crippen molar-refractivity contribution in [3.8, 4) is 11.5 Å². The third-order valence-corrected chi connectivity index (χ3v) is 3.51. The smallest absolute Gasteiger partial charge is 0.416 e. The minimum atomic E-state index is -4.45. The summed E-state index contributed by atoms with van der Waals surface area (Å²) in [4.78, 5) is 11.9. The van der Waals surface area contributed by atoms with Crippen molar-refractivity contribution in [1.29, 1.82) is 0 Å². The van der Waals surface area contributed by atoms with Crippen LogP contribution in [0.15, 0.2) is 47.6 Å². The molecule has 0 heterocycles. The van der Waals surface area contributed by atoms with Crippen LogP contribution < -0.4 is 14.9 Å². The lowest BCUT2D eigenvalue weighted by Gasteiger charge is -2.09. The van der Waals surface area contributed by atoms with Gasteiger partial charge < -0.3 is 9.47 Å². The van der Waals surface area contributed by atoms with Gasteiger partial charge in [0.1, 0.15) is 0 Å². The van der Waals surface area contributed by atoms with E-state index in [0.29, 0.717) is 23.7 Å². The monoisotopic (exact) mass is 380 g/mol. The highest BCUT2D eigenvalue weighted by Crippen LogP contribution is 2.29. The SMILES string of the molecule is CCOc1ccc(/C=N\NC(=O)Cc2cccc(C(F)(F)F)c2)cc1OC. The van der Waals surface area contributed by atoms with E-state index in [2.05, 4.69) is 10.5 Å². The Balaban J connectivity index is 1.97. The quantitative estimate of drug-likeness (QED) is 0.587. The Hall–Kier alpha value is -3.03. The molecule has 27 heavy (non-hydrogen) atoms. The molecule has 1 amide bonds. The van der Waals surface area contributed by atoms with Gasteiger partial charge in [0.2, 0.25) is 5.91 Å². The summed E-state index contributed by atoms with van der Waals surface area (Å²) < 4.78 is 48.7. The summed E-state index contributed by atoms with van der Waals surface area (Å²) >= 11 is 0. The molecule has 2 rings (SSSR count). The van der Waals surface area contributed by atoms with Crippen LogP contribution in [0.4, 0.5) is 13.2 Å². The number of hydrazone groups is 1. The molecule has 1 N–H and O–H groups in total. The van der Waals surface area contributed by atoms with Crippen molar-refractivity contribution in [2.75, 3.05) is 13.7 Å². The number of nitrogens with zero attached hydrogens (tertiary/aromatic N) is 1. The van der Waals surface area contributed by atoms with Gasteiger partial charge in [-0.15, -0.1) is 0 Å². The maximum absolute atomic E-state index is 12.7. The molecule has 0 radical (unpaired) electrons. The molecule has 0 aliphatic heterocycles. The highest BCUT2D eigenvalue weighted by atomic mass is 19.4. The van der Waals surface area contributed by atoms with E-state index in [-0.39, 0.29) is 12.0 Å². The van der Waals surface area contributed by atoms with Crippen LogP contribution in [0.5, 0.6) is 11.5 Å². The maximum Gasteiger partial charge on any atom is 0.416 e. The van der Waals surface area contributed by atoms with Gasteiger partial charge in [-0.25, -0.2) is 5.43 Å². The van der Waals surface area contributed by atoms with Crippen molar-refractivity contribution in [3.05, 3.63) is 59.2 Å². The van der Waals surface area contributed by atoms with Crippen LogP contribution in [0.3, 0.4) is 0 Å². The molecular formula is C19H19F3N2O3. The Labute approximate surface area is 154 Å². The highest BCUT2D eigenvalue weighted by molar-refractivity contribution is 5.84. The number of benzene rings is 2. The number of amides is 1. The van der Waals surface area contributed by atoms with Crippen LogP contribution in [0, 0.1) is 0 Å². The van der Waals surface area contributed by atoms with Gasteiger partial charge >= 0.3 is 6.18 Å². The number of nitrogens with one attached hydrogen (secondary N) is 1. The summed E-state index contributed by atoms with van der Waals surface area (Å²) in [7, 11) is 1.51. The van der Waals surface area contributed by atoms with Gasteiger partial charge in [0.05, 0.1) is 31.9 Å². The summed E-state index contributed by atoms with van der Waals surface area (Å²) in [5, 5.41) is 3.82. The van der Waals surface area contributed by atoms with Gasteiger partial charge in [0, 0.05) is 0 Å².